The molecule has 0 bridgehead atoms. The maximum Gasteiger partial charge on any atom is 0.105 e. The number of furan rings is 1. The van der Waals surface area contributed by atoms with Gasteiger partial charge in [-0.1, -0.05) is 0 Å². The highest BCUT2D eigenvalue weighted by Crippen LogP contribution is 2.20. The number of nitrogens with two attached hydrogens (primary N) is 1. The topological polar surface area (TPSA) is 51.2 Å². The molecule has 1 unspecified atom stereocenters. The second kappa shape index (κ2) is 5.33. The molecular formula is C12H22N2O. The summed E-state index contributed by atoms with van der Waals surface area (Å²) < 4.78 is 5.57. The van der Waals surface area contributed by atoms with Crippen molar-refractivity contribution in [2.24, 2.45) is 5.73 Å². The zero-order chi connectivity index (χ0) is 11.4. The molecule has 3 N–H and O–H groups in total. The summed E-state index contributed by atoms with van der Waals surface area (Å²) in [7, 11) is 0. The van der Waals surface area contributed by atoms with E-state index in [1.165, 1.54) is 11.1 Å². The van der Waals surface area contributed by atoms with E-state index in [1.54, 1.807) is 0 Å². The maximum absolute atomic E-state index is 5.57. The fraction of sp³-hybridized carbons (Fsp3) is 0.667. The lowest BCUT2D eigenvalue weighted by Gasteiger charge is -2.12. The van der Waals surface area contributed by atoms with Crippen LogP contribution in [0.1, 0.15) is 36.0 Å². The number of aryl methyl sites for hydroxylation is 2. The van der Waals surface area contributed by atoms with Gasteiger partial charge in [0.05, 0.1) is 0 Å². The van der Waals surface area contributed by atoms with Crippen molar-refractivity contribution in [2.75, 3.05) is 6.54 Å². The minimum atomic E-state index is 0.462. The van der Waals surface area contributed by atoms with Gasteiger partial charge >= 0.3 is 0 Å². The smallest absolute Gasteiger partial charge is 0.105 e. The molecule has 1 aromatic heterocycles. The van der Waals surface area contributed by atoms with Crippen LogP contribution in [0.4, 0.5) is 0 Å². The first-order valence-electron chi connectivity index (χ1n) is 5.55. The quantitative estimate of drug-likeness (QED) is 0.782. The van der Waals surface area contributed by atoms with E-state index in [0.29, 0.717) is 6.04 Å². The lowest BCUT2D eigenvalue weighted by atomic mass is 10.1. The van der Waals surface area contributed by atoms with Gasteiger partial charge in [-0.25, -0.2) is 0 Å². The Labute approximate surface area is 92.0 Å². The van der Waals surface area contributed by atoms with Crippen molar-refractivity contribution >= 4 is 0 Å². The predicted octanol–water partition coefficient (Wildman–Crippen LogP) is 2.03. The van der Waals surface area contributed by atoms with E-state index in [9.17, 15) is 0 Å². The van der Waals surface area contributed by atoms with Gasteiger partial charge < -0.3 is 15.5 Å². The zero-order valence-electron chi connectivity index (χ0n) is 10.2. The van der Waals surface area contributed by atoms with Crippen LogP contribution in [0.5, 0.6) is 0 Å². The summed E-state index contributed by atoms with van der Waals surface area (Å²) >= 11 is 0. The zero-order valence-corrected chi connectivity index (χ0v) is 10.2. The summed E-state index contributed by atoms with van der Waals surface area (Å²) in [4.78, 5) is 0. The first-order chi connectivity index (χ1) is 7.06. The Hall–Kier alpha value is -0.800. The maximum atomic E-state index is 5.57. The predicted molar refractivity (Wildman–Crippen MR) is 62.9 cm³/mol. The summed E-state index contributed by atoms with van der Waals surface area (Å²) in [5, 5.41) is 3.45. The molecule has 0 aliphatic heterocycles. The van der Waals surface area contributed by atoms with Crippen LogP contribution in [-0.4, -0.2) is 12.6 Å². The van der Waals surface area contributed by atoms with E-state index < -0.39 is 0 Å². The van der Waals surface area contributed by atoms with Crippen molar-refractivity contribution in [3.8, 4) is 0 Å². The second-order valence-corrected chi connectivity index (χ2v) is 4.18. The summed E-state index contributed by atoms with van der Waals surface area (Å²) in [6, 6.07) is 0.462. The highest BCUT2D eigenvalue weighted by Gasteiger charge is 2.11. The number of hydrogen-bond acceptors (Lipinski definition) is 3. The Morgan fingerprint density at radius 3 is 2.40 bits per heavy atom. The average molecular weight is 210 g/mol. The summed E-state index contributed by atoms with van der Waals surface area (Å²) in [5.41, 5.74) is 8.06. The fourth-order valence-electron chi connectivity index (χ4n) is 1.73. The van der Waals surface area contributed by atoms with E-state index >= 15 is 0 Å². The highest BCUT2D eigenvalue weighted by molar-refractivity contribution is 5.31. The van der Waals surface area contributed by atoms with Crippen LogP contribution in [0.15, 0.2) is 4.42 Å². The van der Waals surface area contributed by atoms with E-state index in [-0.39, 0.29) is 0 Å². The highest BCUT2D eigenvalue weighted by atomic mass is 16.3. The lowest BCUT2D eigenvalue weighted by Crippen LogP contribution is -2.28. The van der Waals surface area contributed by atoms with Crippen molar-refractivity contribution in [1.29, 1.82) is 0 Å². The minimum Gasteiger partial charge on any atom is -0.466 e. The molecule has 1 rings (SSSR count). The molecule has 3 nitrogen and oxygen atoms in total. The molecule has 0 saturated carbocycles. The van der Waals surface area contributed by atoms with Gasteiger partial charge in [0.2, 0.25) is 0 Å². The lowest BCUT2D eigenvalue weighted by molar-refractivity contribution is 0.488. The average Bonchev–Trinajstić information content (AvgIpc) is 2.40. The van der Waals surface area contributed by atoms with Crippen molar-refractivity contribution in [1.82, 2.24) is 5.32 Å². The molecule has 1 atom stereocenters. The molecule has 0 radical (unpaired) electrons. The van der Waals surface area contributed by atoms with E-state index in [0.717, 1.165) is 31.0 Å². The molecule has 0 fully saturated rings. The van der Waals surface area contributed by atoms with Gasteiger partial charge in [0, 0.05) is 18.2 Å². The Bertz CT molecular complexity index is 318. The van der Waals surface area contributed by atoms with Crippen molar-refractivity contribution in [3.63, 3.8) is 0 Å². The van der Waals surface area contributed by atoms with Crippen molar-refractivity contribution < 1.29 is 4.42 Å². The molecule has 0 amide bonds. The van der Waals surface area contributed by atoms with Gasteiger partial charge in [0.1, 0.15) is 11.5 Å². The van der Waals surface area contributed by atoms with Crippen LogP contribution < -0.4 is 11.1 Å². The first-order valence-corrected chi connectivity index (χ1v) is 5.55. The third-order valence-corrected chi connectivity index (χ3v) is 2.94. The molecule has 0 saturated heterocycles. The van der Waals surface area contributed by atoms with Gasteiger partial charge in [-0.05, 0) is 46.2 Å². The minimum absolute atomic E-state index is 0.462. The van der Waals surface area contributed by atoms with Crippen molar-refractivity contribution in [3.05, 3.63) is 22.6 Å². The van der Waals surface area contributed by atoms with Crippen LogP contribution in [0.25, 0.3) is 0 Å². The van der Waals surface area contributed by atoms with Gasteiger partial charge in [-0.2, -0.15) is 0 Å². The molecule has 1 aromatic rings. The largest absolute Gasteiger partial charge is 0.466 e. The molecule has 86 valence electrons. The second-order valence-electron chi connectivity index (χ2n) is 4.18. The molecule has 0 aliphatic carbocycles. The van der Waals surface area contributed by atoms with Gasteiger partial charge in [0.25, 0.3) is 0 Å². The molecule has 0 aromatic carbocycles. The van der Waals surface area contributed by atoms with E-state index in [2.05, 4.69) is 19.2 Å². The Balaban J connectivity index is 2.57. The van der Waals surface area contributed by atoms with Gasteiger partial charge in [0.15, 0.2) is 0 Å². The van der Waals surface area contributed by atoms with Crippen molar-refractivity contribution in [2.45, 2.75) is 46.7 Å². The van der Waals surface area contributed by atoms with Crippen LogP contribution in [0.3, 0.4) is 0 Å². The molecular weight excluding hydrogens is 188 g/mol. The van der Waals surface area contributed by atoms with Gasteiger partial charge in [-0.3, -0.25) is 0 Å². The normalized spacial score (nSPS) is 13.1. The SMILES string of the molecule is Cc1oc(C)c(CNC(C)CCN)c1C. The first kappa shape index (κ1) is 12.3. The Morgan fingerprint density at radius 1 is 1.27 bits per heavy atom. The summed E-state index contributed by atoms with van der Waals surface area (Å²) in [6.45, 7) is 9.90. The third-order valence-electron chi connectivity index (χ3n) is 2.94. The van der Waals surface area contributed by atoms with Gasteiger partial charge in [-0.15, -0.1) is 0 Å². The number of rotatable bonds is 5. The molecule has 3 heteroatoms. The molecule has 0 spiro atoms. The Morgan fingerprint density at radius 2 is 1.93 bits per heavy atom. The van der Waals surface area contributed by atoms with Crippen LogP contribution in [-0.2, 0) is 6.54 Å². The number of nitrogens with one attached hydrogen (secondary N) is 1. The van der Waals surface area contributed by atoms with Crippen LogP contribution in [0, 0.1) is 20.8 Å². The molecule has 1 heterocycles. The Kier molecular flexibility index (Phi) is 4.36. The van der Waals surface area contributed by atoms with E-state index in [1.807, 2.05) is 13.8 Å². The summed E-state index contributed by atoms with van der Waals surface area (Å²) in [6.07, 6.45) is 1.01. The fourth-order valence-corrected chi connectivity index (χ4v) is 1.73. The monoisotopic (exact) mass is 210 g/mol. The summed E-state index contributed by atoms with van der Waals surface area (Å²) in [5.74, 6) is 2.05. The van der Waals surface area contributed by atoms with Crippen LogP contribution >= 0.6 is 0 Å². The third kappa shape index (κ3) is 3.08. The standard InChI is InChI=1S/C12H22N2O/c1-8(5-6-13)14-7-12-9(2)10(3)15-11(12)4/h8,14H,5-7,13H2,1-4H3. The molecule has 15 heavy (non-hydrogen) atoms. The van der Waals surface area contributed by atoms with Crippen LogP contribution in [0.2, 0.25) is 0 Å². The molecule has 0 aliphatic rings. The number of hydrogen-bond donors (Lipinski definition) is 2. The van der Waals surface area contributed by atoms with E-state index in [4.69, 9.17) is 10.2 Å².